The fraction of sp³-hybridized carbons (Fsp3) is 0.125. The van der Waals surface area contributed by atoms with E-state index in [1.807, 2.05) is 54.8 Å². The minimum atomic E-state index is -0.583. The highest BCUT2D eigenvalue weighted by molar-refractivity contribution is 8.00. The minimum absolute atomic E-state index is 0.0331. The number of carbonyl (C=O) groups is 1. The van der Waals surface area contributed by atoms with Gasteiger partial charge in [0, 0.05) is 21.5 Å². The van der Waals surface area contributed by atoms with Crippen LogP contribution in [0.1, 0.15) is 23.7 Å². The number of thiophene rings is 1. The summed E-state index contributed by atoms with van der Waals surface area (Å²) in [4.78, 5) is 22.6. The number of aromatic nitrogens is 2. The topological polar surface area (TPSA) is 128 Å². The fourth-order valence-electron chi connectivity index (χ4n) is 3.42. The smallest absolute Gasteiger partial charge is 0.237 e. The molecule has 0 fully saturated rings. The van der Waals surface area contributed by atoms with E-state index >= 15 is 0 Å². The number of nitrogens with zero attached hydrogens (tertiary/aromatic N) is 4. The number of aryl methyl sites for hydroxylation is 1. The zero-order valence-corrected chi connectivity index (χ0v) is 19.4. The van der Waals surface area contributed by atoms with Crippen LogP contribution in [0.5, 0.6) is 0 Å². The van der Waals surface area contributed by atoms with E-state index in [1.165, 1.54) is 11.3 Å². The van der Waals surface area contributed by atoms with Crippen LogP contribution in [0.3, 0.4) is 0 Å². The molecule has 3 N–H and O–H groups in total. The van der Waals surface area contributed by atoms with Gasteiger partial charge in [0.05, 0.1) is 22.0 Å². The Bertz CT molecular complexity index is 1450. The minimum Gasteiger partial charge on any atom is -0.383 e. The molecular weight excluding hydrogens is 452 g/mol. The first-order valence-electron chi connectivity index (χ1n) is 9.94. The van der Waals surface area contributed by atoms with Crippen molar-refractivity contribution in [2.75, 3.05) is 11.1 Å². The standard InChI is InChI=1S/C24H18N6OS2/c1-13-10-19(15-6-3-4-7-18(15)28-13)29-23(31)14(2)33-24-17(12-26)21(20-8-5-9-32-20)16(11-25)22(27)30-24/h3-10,14H,1-2H3,(H2,27,30)(H,28,29,31). The van der Waals surface area contributed by atoms with Crippen LogP contribution in [0, 0.1) is 29.6 Å². The molecule has 0 bridgehead atoms. The average Bonchev–Trinajstić information content (AvgIpc) is 3.33. The molecule has 3 aromatic heterocycles. The number of hydrogen-bond donors (Lipinski definition) is 2. The third-order valence-electron chi connectivity index (χ3n) is 4.94. The first kappa shape index (κ1) is 22.3. The van der Waals surface area contributed by atoms with Gasteiger partial charge in [0.25, 0.3) is 0 Å². The second kappa shape index (κ2) is 9.29. The molecule has 162 valence electrons. The van der Waals surface area contributed by atoms with Crippen molar-refractivity contribution in [3.05, 3.63) is 64.7 Å². The van der Waals surface area contributed by atoms with Gasteiger partial charge in [-0.05, 0) is 37.4 Å². The number of pyridine rings is 2. The summed E-state index contributed by atoms with van der Waals surface area (Å²) < 4.78 is 0. The maximum Gasteiger partial charge on any atom is 0.237 e. The Labute approximate surface area is 198 Å². The van der Waals surface area contributed by atoms with Crippen molar-refractivity contribution in [1.82, 2.24) is 9.97 Å². The van der Waals surface area contributed by atoms with Gasteiger partial charge >= 0.3 is 0 Å². The van der Waals surface area contributed by atoms with Gasteiger partial charge in [-0.15, -0.1) is 11.3 Å². The van der Waals surface area contributed by atoms with Gasteiger partial charge in [0.15, 0.2) is 0 Å². The second-order valence-corrected chi connectivity index (χ2v) is 9.48. The lowest BCUT2D eigenvalue weighted by Crippen LogP contribution is -2.23. The van der Waals surface area contributed by atoms with E-state index in [2.05, 4.69) is 27.4 Å². The first-order chi connectivity index (χ1) is 15.9. The van der Waals surface area contributed by atoms with E-state index in [-0.39, 0.29) is 22.9 Å². The van der Waals surface area contributed by atoms with Crippen LogP contribution in [-0.2, 0) is 4.79 Å². The molecule has 4 rings (SSSR count). The summed E-state index contributed by atoms with van der Waals surface area (Å²) in [6.45, 7) is 3.60. The lowest BCUT2D eigenvalue weighted by Gasteiger charge is -2.16. The number of hydrogen-bond acceptors (Lipinski definition) is 8. The summed E-state index contributed by atoms with van der Waals surface area (Å²) in [6, 6.07) is 17.3. The number of anilines is 2. The normalized spacial score (nSPS) is 11.5. The highest BCUT2D eigenvalue weighted by atomic mass is 32.2. The molecule has 0 radical (unpaired) electrons. The molecule has 1 atom stereocenters. The molecule has 1 aromatic carbocycles. The largest absolute Gasteiger partial charge is 0.383 e. The third-order valence-corrected chi connectivity index (χ3v) is 6.92. The van der Waals surface area contributed by atoms with Crippen LogP contribution < -0.4 is 11.1 Å². The number of amides is 1. The predicted octanol–water partition coefficient (Wildman–Crippen LogP) is 5.11. The van der Waals surface area contributed by atoms with Gasteiger partial charge in [-0.1, -0.05) is 36.0 Å². The Morgan fingerprint density at radius 2 is 1.91 bits per heavy atom. The first-order valence-corrected chi connectivity index (χ1v) is 11.7. The van der Waals surface area contributed by atoms with Crippen LogP contribution in [0.15, 0.2) is 52.9 Å². The van der Waals surface area contributed by atoms with Crippen molar-refractivity contribution in [2.45, 2.75) is 24.1 Å². The van der Waals surface area contributed by atoms with Gasteiger partial charge < -0.3 is 11.1 Å². The van der Waals surface area contributed by atoms with Crippen LogP contribution in [0.4, 0.5) is 11.5 Å². The van der Waals surface area contributed by atoms with Crippen molar-refractivity contribution < 1.29 is 4.79 Å². The molecule has 4 aromatic rings. The molecule has 0 aliphatic carbocycles. The summed E-state index contributed by atoms with van der Waals surface area (Å²) in [5.41, 5.74) is 9.16. The number of nitrogen functional groups attached to an aromatic ring is 1. The molecule has 3 heterocycles. The van der Waals surface area contributed by atoms with E-state index in [1.54, 1.807) is 6.92 Å². The van der Waals surface area contributed by atoms with E-state index in [0.717, 1.165) is 33.2 Å². The van der Waals surface area contributed by atoms with Gasteiger partial charge in [-0.25, -0.2) is 4.98 Å². The SMILES string of the molecule is Cc1cc(NC(=O)C(C)Sc2nc(N)c(C#N)c(-c3cccs3)c2C#N)c2ccccc2n1. The van der Waals surface area contributed by atoms with Gasteiger partial charge in [-0.2, -0.15) is 10.5 Å². The summed E-state index contributed by atoms with van der Waals surface area (Å²) in [5, 5.41) is 24.9. The van der Waals surface area contributed by atoms with Crippen molar-refractivity contribution in [2.24, 2.45) is 0 Å². The molecule has 9 heteroatoms. The van der Waals surface area contributed by atoms with Gasteiger partial charge in [0.1, 0.15) is 28.5 Å². The highest BCUT2D eigenvalue weighted by Crippen LogP contribution is 2.38. The number of carbonyl (C=O) groups excluding carboxylic acids is 1. The molecule has 1 unspecified atom stereocenters. The van der Waals surface area contributed by atoms with Crippen LogP contribution in [0.2, 0.25) is 0 Å². The number of nitriles is 2. The van der Waals surface area contributed by atoms with E-state index in [4.69, 9.17) is 5.73 Å². The zero-order chi connectivity index (χ0) is 23.5. The Balaban J connectivity index is 1.67. The second-order valence-electron chi connectivity index (χ2n) is 7.21. The number of rotatable bonds is 5. The molecule has 1 amide bonds. The highest BCUT2D eigenvalue weighted by Gasteiger charge is 2.24. The average molecular weight is 471 g/mol. The summed E-state index contributed by atoms with van der Waals surface area (Å²) >= 11 is 2.53. The molecular formula is C24H18N6OS2. The van der Waals surface area contributed by atoms with Crippen LogP contribution in [0.25, 0.3) is 21.3 Å². The predicted molar refractivity (Wildman–Crippen MR) is 132 cm³/mol. The number of para-hydroxylation sites is 1. The molecule has 0 aliphatic heterocycles. The number of nitrogens with one attached hydrogen (secondary N) is 1. The lowest BCUT2D eigenvalue weighted by molar-refractivity contribution is -0.115. The van der Waals surface area contributed by atoms with Crippen LogP contribution in [-0.4, -0.2) is 21.1 Å². The van der Waals surface area contributed by atoms with E-state index in [9.17, 15) is 15.3 Å². The Kier molecular flexibility index (Phi) is 6.27. The van der Waals surface area contributed by atoms with Gasteiger partial charge in [-0.3, -0.25) is 9.78 Å². The maximum absolute atomic E-state index is 13.0. The molecule has 0 saturated heterocycles. The van der Waals surface area contributed by atoms with E-state index < -0.39 is 5.25 Å². The lowest BCUT2D eigenvalue weighted by atomic mass is 10.0. The zero-order valence-electron chi connectivity index (χ0n) is 17.8. The van der Waals surface area contributed by atoms with Crippen molar-refractivity contribution in [1.29, 1.82) is 10.5 Å². The summed E-state index contributed by atoms with van der Waals surface area (Å²) in [6.07, 6.45) is 0. The van der Waals surface area contributed by atoms with Crippen molar-refractivity contribution in [3.63, 3.8) is 0 Å². The Hall–Kier alpha value is -3.92. The molecule has 0 spiro atoms. The van der Waals surface area contributed by atoms with Gasteiger partial charge in [0.2, 0.25) is 5.91 Å². The van der Waals surface area contributed by atoms with Crippen molar-refractivity contribution >= 4 is 51.4 Å². The number of benzene rings is 1. The van der Waals surface area contributed by atoms with E-state index in [0.29, 0.717) is 16.3 Å². The number of nitrogens with two attached hydrogens (primary N) is 1. The molecule has 0 saturated carbocycles. The fourth-order valence-corrected chi connectivity index (χ4v) is 5.12. The molecule has 0 aliphatic rings. The quantitative estimate of drug-likeness (QED) is 0.388. The Morgan fingerprint density at radius 1 is 1.15 bits per heavy atom. The Morgan fingerprint density at radius 3 is 2.61 bits per heavy atom. The molecule has 7 nitrogen and oxygen atoms in total. The monoisotopic (exact) mass is 470 g/mol. The summed E-state index contributed by atoms with van der Waals surface area (Å²) in [5.74, 6) is -0.215. The molecule has 33 heavy (non-hydrogen) atoms. The number of thioether (sulfide) groups is 1. The maximum atomic E-state index is 13.0. The van der Waals surface area contributed by atoms with Crippen molar-refractivity contribution in [3.8, 4) is 22.6 Å². The summed E-state index contributed by atoms with van der Waals surface area (Å²) in [7, 11) is 0. The third kappa shape index (κ3) is 4.37. The number of fused-ring (bicyclic) bond motifs is 1. The van der Waals surface area contributed by atoms with Crippen LogP contribution >= 0.6 is 23.1 Å².